The Labute approximate surface area is 66.2 Å². The van der Waals surface area contributed by atoms with Crippen molar-refractivity contribution in [2.45, 2.75) is 19.5 Å². The first kappa shape index (κ1) is 8.93. The SMILES string of the molecule is CCS(=O)(=O)N1CC[C@H](F)C1. The average Bonchev–Trinajstić information content (AvgIpc) is 2.36. The number of hydrogen-bond donors (Lipinski definition) is 0. The highest BCUT2D eigenvalue weighted by atomic mass is 32.2. The maximum atomic E-state index is 12.5. The van der Waals surface area contributed by atoms with E-state index in [0.29, 0.717) is 13.0 Å². The quantitative estimate of drug-likeness (QED) is 0.617. The molecule has 0 bridgehead atoms. The number of nitrogens with zero attached hydrogens (tertiary/aromatic N) is 1. The second kappa shape index (κ2) is 3.06. The molecule has 1 aliphatic heterocycles. The van der Waals surface area contributed by atoms with Gasteiger partial charge < -0.3 is 0 Å². The Morgan fingerprint density at radius 3 is 2.64 bits per heavy atom. The van der Waals surface area contributed by atoms with Crippen LogP contribution in [0.1, 0.15) is 13.3 Å². The minimum Gasteiger partial charge on any atom is -0.246 e. The van der Waals surface area contributed by atoms with Crippen LogP contribution in [0.25, 0.3) is 0 Å². The van der Waals surface area contributed by atoms with Crippen LogP contribution in [-0.2, 0) is 10.0 Å². The molecule has 0 radical (unpaired) electrons. The summed E-state index contributed by atoms with van der Waals surface area (Å²) in [6.45, 7) is 1.97. The zero-order chi connectivity index (χ0) is 8.48. The van der Waals surface area contributed by atoms with Crippen molar-refractivity contribution in [3.8, 4) is 0 Å². The van der Waals surface area contributed by atoms with Crippen LogP contribution < -0.4 is 0 Å². The first-order valence-corrected chi connectivity index (χ1v) is 5.29. The summed E-state index contributed by atoms with van der Waals surface area (Å²) in [5.74, 6) is 0.0692. The van der Waals surface area contributed by atoms with Gasteiger partial charge in [-0.3, -0.25) is 0 Å². The van der Waals surface area contributed by atoms with Crippen LogP contribution in [0.3, 0.4) is 0 Å². The van der Waals surface area contributed by atoms with E-state index in [4.69, 9.17) is 0 Å². The molecule has 1 saturated heterocycles. The molecule has 1 atom stereocenters. The zero-order valence-electron chi connectivity index (χ0n) is 6.46. The van der Waals surface area contributed by atoms with Gasteiger partial charge in [-0.25, -0.2) is 12.8 Å². The van der Waals surface area contributed by atoms with Crippen molar-refractivity contribution in [3.05, 3.63) is 0 Å². The van der Waals surface area contributed by atoms with Gasteiger partial charge in [-0.15, -0.1) is 0 Å². The average molecular weight is 181 g/mol. The second-order valence-corrected chi connectivity index (χ2v) is 4.90. The summed E-state index contributed by atoms with van der Waals surface area (Å²) in [7, 11) is -3.14. The zero-order valence-corrected chi connectivity index (χ0v) is 7.27. The van der Waals surface area contributed by atoms with Crippen LogP contribution >= 0.6 is 0 Å². The fraction of sp³-hybridized carbons (Fsp3) is 1.00. The predicted molar refractivity (Wildman–Crippen MR) is 40.5 cm³/mol. The van der Waals surface area contributed by atoms with E-state index in [1.807, 2.05) is 0 Å². The molecule has 1 aliphatic rings. The molecule has 3 nitrogen and oxygen atoms in total. The molecule has 11 heavy (non-hydrogen) atoms. The topological polar surface area (TPSA) is 37.4 Å². The van der Waals surface area contributed by atoms with Crippen LogP contribution in [-0.4, -0.2) is 37.7 Å². The molecule has 66 valence electrons. The molecule has 0 aliphatic carbocycles. The largest absolute Gasteiger partial charge is 0.246 e. The van der Waals surface area contributed by atoms with Gasteiger partial charge in [0.1, 0.15) is 6.17 Å². The smallest absolute Gasteiger partial charge is 0.213 e. The highest BCUT2D eigenvalue weighted by Crippen LogP contribution is 2.15. The van der Waals surface area contributed by atoms with Crippen LogP contribution in [0.5, 0.6) is 0 Å². The molecule has 0 N–H and O–H groups in total. The Balaban J connectivity index is 2.64. The molecular formula is C6H12FNO2S. The fourth-order valence-corrected chi connectivity index (χ4v) is 2.26. The molecule has 1 rings (SSSR count). The summed E-state index contributed by atoms with van der Waals surface area (Å²) >= 11 is 0. The summed E-state index contributed by atoms with van der Waals surface area (Å²) in [6, 6.07) is 0. The Bertz CT molecular complexity index is 227. The first-order chi connectivity index (χ1) is 5.06. The highest BCUT2D eigenvalue weighted by Gasteiger charge is 2.29. The molecule has 5 heteroatoms. The number of rotatable bonds is 2. The highest BCUT2D eigenvalue weighted by molar-refractivity contribution is 7.89. The molecule has 1 heterocycles. The van der Waals surface area contributed by atoms with Gasteiger partial charge in [0.25, 0.3) is 0 Å². The van der Waals surface area contributed by atoms with E-state index in [-0.39, 0.29) is 12.3 Å². The van der Waals surface area contributed by atoms with Gasteiger partial charge in [-0.05, 0) is 13.3 Å². The standard InChI is InChI=1S/C6H12FNO2S/c1-2-11(9,10)8-4-3-6(7)5-8/h6H,2-5H2,1H3/t6-/m0/s1. The van der Waals surface area contributed by atoms with Gasteiger partial charge in [0.05, 0.1) is 5.75 Å². The predicted octanol–water partition coefficient (Wildman–Crippen LogP) is 0.380. The molecule has 0 saturated carbocycles. The van der Waals surface area contributed by atoms with Crippen molar-refractivity contribution >= 4 is 10.0 Å². The lowest BCUT2D eigenvalue weighted by atomic mass is 10.4. The van der Waals surface area contributed by atoms with E-state index < -0.39 is 16.2 Å². The molecule has 0 spiro atoms. The summed E-state index contributed by atoms with van der Waals surface area (Å²) < 4.78 is 36.0. The molecule has 0 aromatic carbocycles. The third-order valence-electron chi connectivity index (χ3n) is 1.85. The summed E-state index contributed by atoms with van der Waals surface area (Å²) in [4.78, 5) is 0. The molecule has 0 aromatic rings. The molecule has 0 aromatic heterocycles. The number of sulfonamides is 1. The van der Waals surface area contributed by atoms with Crippen LogP contribution in [0.4, 0.5) is 4.39 Å². The number of halogens is 1. The van der Waals surface area contributed by atoms with Crippen molar-refractivity contribution in [1.29, 1.82) is 0 Å². The lowest BCUT2D eigenvalue weighted by molar-refractivity contribution is 0.343. The van der Waals surface area contributed by atoms with Crippen LogP contribution in [0.2, 0.25) is 0 Å². The Morgan fingerprint density at radius 2 is 2.27 bits per heavy atom. The lowest BCUT2D eigenvalue weighted by Gasteiger charge is -2.12. The van der Waals surface area contributed by atoms with Gasteiger partial charge >= 0.3 is 0 Å². The molecule has 1 fully saturated rings. The summed E-state index contributed by atoms with van der Waals surface area (Å²) in [6.07, 6.45) is -0.615. The van der Waals surface area contributed by atoms with E-state index in [9.17, 15) is 12.8 Å². The second-order valence-electron chi connectivity index (χ2n) is 2.64. The van der Waals surface area contributed by atoms with E-state index in [1.165, 1.54) is 4.31 Å². The first-order valence-electron chi connectivity index (χ1n) is 3.68. The minimum absolute atomic E-state index is 0.0518. The Hall–Kier alpha value is -0.160. The maximum Gasteiger partial charge on any atom is 0.213 e. The van der Waals surface area contributed by atoms with Crippen molar-refractivity contribution in [3.63, 3.8) is 0 Å². The normalized spacial score (nSPS) is 27.6. The van der Waals surface area contributed by atoms with Crippen molar-refractivity contribution in [2.75, 3.05) is 18.8 Å². The maximum absolute atomic E-state index is 12.5. The van der Waals surface area contributed by atoms with E-state index >= 15 is 0 Å². The minimum atomic E-state index is -3.14. The van der Waals surface area contributed by atoms with E-state index in [0.717, 1.165) is 0 Å². The molecule has 0 unspecified atom stereocenters. The molecular weight excluding hydrogens is 169 g/mol. The van der Waals surface area contributed by atoms with Gasteiger partial charge in [0.15, 0.2) is 0 Å². The van der Waals surface area contributed by atoms with Gasteiger partial charge in [0, 0.05) is 13.1 Å². The van der Waals surface area contributed by atoms with Crippen LogP contribution in [0, 0.1) is 0 Å². The monoisotopic (exact) mass is 181 g/mol. The summed E-state index contributed by atoms with van der Waals surface area (Å²) in [5, 5.41) is 0. The van der Waals surface area contributed by atoms with Crippen molar-refractivity contribution < 1.29 is 12.8 Å². The van der Waals surface area contributed by atoms with E-state index in [2.05, 4.69) is 0 Å². The molecule has 0 amide bonds. The summed E-state index contributed by atoms with van der Waals surface area (Å²) in [5.41, 5.74) is 0. The van der Waals surface area contributed by atoms with Crippen molar-refractivity contribution in [1.82, 2.24) is 4.31 Å². The number of hydrogen-bond acceptors (Lipinski definition) is 2. The third-order valence-corrected chi connectivity index (χ3v) is 3.70. The fourth-order valence-electron chi connectivity index (χ4n) is 1.12. The van der Waals surface area contributed by atoms with Gasteiger partial charge in [-0.1, -0.05) is 0 Å². The lowest BCUT2D eigenvalue weighted by Crippen LogP contribution is -2.30. The van der Waals surface area contributed by atoms with Gasteiger partial charge in [-0.2, -0.15) is 4.31 Å². The van der Waals surface area contributed by atoms with Gasteiger partial charge in [0.2, 0.25) is 10.0 Å². The van der Waals surface area contributed by atoms with E-state index in [1.54, 1.807) is 6.92 Å². The van der Waals surface area contributed by atoms with Crippen molar-refractivity contribution in [2.24, 2.45) is 0 Å². The number of alkyl halides is 1. The Morgan fingerprint density at radius 1 is 1.64 bits per heavy atom. The Kier molecular flexibility index (Phi) is 2.49. The third kappa shape index (κ3) is 1.90. The van der Waals surface area contributed by atoms with Crippen LogP contribution in [0.15, 0.2) is 0 Å².